The van der Waals surface area contributed by atoms with Crippen LogP contribution in [0, 0.1) is 0 Å². The quantitative estimate of drug-likeness (QED) is 0.705. The Bertz CT molecular complexity index is 396. The fourth-order valence-electron chi connectivity index (χ4n) is 1.45. The predicted molar refractivity (Wildman–Crippen MR) is 75.0 cm³/mol. The maximum absolute atomic E-state index is 4.30. The summed E-state index contributed by atoms with van der Waals surface area (Å²) in [6.45, 7) is 2.23. The number of hydrogen-bond acceptors (Lipinski definition) is 3. The van der Waals surface area contributed by atoms with Crippen molar-refractivity contribution in [2.24, 2.45) is 0 Å². The van der Waals surface area contributed by atoms with Crippen molar-refractivity contribution in [1.29, 1.82) is 0 Å². The summed E-state index contributed by atoms with van der Waals surface area (Å²) in [5.74, 6) is 0. The molecule has 16 heavy (non-hydrogen) atoms. The molecule has 2 rings (SSSR count). The second-order valence-corrected chi connectivity index (χ2v) is 6.01. The average Bonchev–Trinajstić information content (AvgIpc) is 2.75. The number of pyridine rings is 1. The van der Waals surface area contributed by atoms with Crippen LogP contribution in [0.2, 0.25) is 0 Å². The number of nitrogens with zero attached hydrogens (tertiary/aromatic N) is 1. The Morgan fingerprint density at radius 1 is 1.31 bits per heavy atom. The molecule has 84 valence electrons. The molecule has 1 aromatic rings. The molecule has 0 saturated carbocycles. The zero-order valence-electron chi connectivity index (χ0n) is 9.35. The molecule has 0 amide bonds. The first-order chi connectivity index (χ1) is 7.88. The Hall–Kier alpha value is -0.670. The molecule has 1 aliphatic rings. The minimum atomic E-state index is 1.04. The molecule has 0 N–H and O–H groups in total. The van der Waals surface area contributed by atoms with Gasteiger partial charge in [-0.25, -0.2) is 0 Å². The van der Waals surface area contributed by atoms with E-state index in [9.17, 15) is 0 Å². The number of unbranched alkanes of at least 4 members (excludes halogenated alkanes) is 1. The largest absolute Gasteiger partial charge is 0.257 e. The summed E-state index contributed by atoms with van der Waals surface area (Å²) in [7, 11) is 3.73. The van der Waals surface area contributed by atoms with Crippen LogP contribution in [0.3, 0.4) is 0 Å². The van der Waals surface area contributed by atoms with Gasteiger partial charge in [-0.3, -0.25) is 4.98 Å². The van der Waals surface area contributed by atoms with Gasteiger partial charge in [0, 0.05) is 11.1 Å². The summed E-state index contributed by atoms with van der Waals surface area (Å²) in [4.78, 5) is 7.11. The van der Waals surface area contributed by atoms with E-state index in [0.29, 0.717) is 0 Å². The van der Waals surface area contributed by atoms with Crippen LogP contribution < -0.4 is 0 Å². The van der Waals surface area contributed by atoms with Crippen LogP contribution in [0.15, 0.2) is 40.3 Å². The summed E-state index contributed by atoms with van der Waals surface area (Å²) in [6, 6.07) is 6.00. The molecule has 1 nitrogen and oxygen atoms in total. The Morgan fingerprint density at radius 2 is 2.25 bits per heavy atom. The molecule has 0 fully saturated rings. The van der Waals surface area contributed by atoms with Gasteiger partial charge in [-0.15, -0.1) is 0 Å². The van der Waals surface area contributed by atoms with E-state index >= 15 is 0 Å². The second kappa shape index (κ2) is 6.16. The Labute approximate surface area is 105 Å². The third-order valence-electron chi connectivity index (χ3n) is 2.30. The van der Waals surface area contributed by atoms with Gasteiger partial charge in [0.1, 0.15) is 0 Å². The van der Waals surface area contributed by atoms with E-state index in [1.165, 1.54) is 29.1 Å². The van der Waals surface area contributed by atoms with E-state index in [4.69, 9.17) is 0 Å². The number of rotatable bonds is 4. The lowest BCUT2D eigenvalue weighted by Crippen LogP contribution is -1.77. The smallest absolute Gasteiger partial charge is 0.0641 e. The minimum absolute atomic E-state index is 1.04. The molecule has 3 heteroatoms. The van der Waals surface area contributed by atoms with Crippen LogP contribution in [-0.4, -0.2) is 4.98 Å². The van der Waals surface area contributed by atoms with E-state index in [-0.39, 0.29) is 0 Å². The van der Waals surface area contributed by atoms with Gasteiger partial charge >= 0.3 is 0 Å². The van der Waals surface area contributed by atoms with E-state index in [2.05, 4.69) is 24.1 Å². The van der Waals surface area contributed by atoms with Crippen molar-refractivity contribution < 1.29 is 0 Å². The van der Waals surface area contributed by atoms with Gasteiger partial charge in [0.2, 0.25) is 0 Å². The molecule has 0 aliphatic carbocycles. The van der Waals surface area contributed by atoms with Crippen molar-refractivity contribution in [2.75, 3.05) is 0 Å². The van der Waals surface area contributed by atoms with Crippen LogP contribution >= 0.6 is 21.6 Å². The molecule has 0 atom stereocenters. The van der Waals surface area contributed by atoms with Crippen molar-refractivity contribution >= 4 is 27.7 Å². The van der Waals surface area contributed by atoms with Crippen molar-refractivity contribution in [3.8, 4) is 0 Å². The van der Waals surface area contributed by atoms with Crippen molar-refractivity contribution in [2.45, 2.75) is 26.2 Å². The fraction of sp³-hybridized carbons (Fsp3) is 0.308. The third-order valence-corrected chi connectivity index (χ3v) is 4.82. The topological polar surface area (TPSA) is 12.9 Å². The lowest BCUT2D eigenvalue weighted by Gasteiger charge is -1.94. The SMILES string of the molecule is CCCCC1=C/C(=C/c2ccccn2)SS1. The van der Waals surface area contributed by atoms with Crippen molar-refractivity contribution in [3.63, 3.8) is 0 Å². The van der Waals surface area contributed by atoms with Crippen LogP contribution in [-0.2, 0) is 0 Å². The standard InChI is InChI=1S/C13H15NS2/c1-2-3-7-12-10-13(16-15-12)9-11-6-4-5-8-14-11/h4-6,8-10H,2-3,7H2,1H3/b13-9-. The summed E-state index contributed by atoms with van der Waals surface area (Å²) in [6.07, 6.45) is 10.0. The van der Waals surface area contributed by atoms with Crippen LogP contribution in [0.5, 0.6) is 0 Å². The summed E-state index contributed by atoms with van der Waals surface area (Å²) < 4.78 is 0. The maximum atomic E-state index is 4.30. The van der Waals surface area contributed by atoms with Crippen LogP contribution in [0.25, 0.3) is 6.08 Å². The minimum Gasteiger partial charge on any atom is -0.257 e. The molecule has 0 spiro atoms. The molecule has 0 bridgehead atoms. The first-order valence-electron chi connectivity index (χ1n) is 5.56. The van der Waals surface area contributed by atoms with Gasteiger partial charge in [0.05, 0.1) is 5.69 Å². The average molecular weight is 249 g/mol. The highest BCUT2D eigenvalue weighted by Crippen LogP contribution is 2.47. The highest BCUT2D eigenvalue weighted by molar-refractivity contribution is 8.80. The summed E-state index contributed by atoms with van der Waals surface area (Å²) in [5, 5.41) is 0. The summed E-state index contributed by atoms with van der Waals surface area (Å²) >= 11 is 0. The molecular weight excluding hydrogens is 234 g/mol. The maximum Gasteiger partial charge on any atom is 0.0641 e. The van der Waals surface area contributed by atoms with Gasteiger partial charge < -0.3 is 0 Å². The predicted octanol–water partition coefficient (Wildman–Crippen LogP) is 4.89. The monoisotopic (exact) mass is 249 g/mol. The van der Waals surface area contributed by atoms with E-state index in [1.807, 2.05) is 46.0 Å². The zero-order valence-corrected chi connectivity index (χ0v) is 11.0. The molecule has 0 radical (unpaired) electrons. The van der Waals surface area contributed by atoms with Gasteiger partial charge in [0.25, 0.3) is 0 Å². The molecule has 2 heterocycles. The van der Waals surface area contributed by atoms with Crippen molar-refractivity contribution in [3.05, 3.63) is 46.0 Å². The van der Waals surface area contributed by atoms with Gasteiger partial charge in [-0.05, 0) is 42.0 Å². The van der Waals surface area contributed by atoms with Crippen LogP contribution in [0.4, 0.5) is 0 Å². The fourth-order valence-corrected chi connectivity index (χ4v) is 3.78. The lowest BCUT2D eigenvalue weighted by molar-refractivity contribution is 0.809. The Balaban J connectivity index is 2.02. The number of hydrogen-bond donors (Lipinski definition) is 0. The summed E-state index contributed by atoms with van der Waals surface area (Å²) in [5.41, 5.74) is 1.04. The second-order valence-electron chi connectivity index (χ2n) is 3.68. The molecule has 1 aliphatic heterocycles. The molecule has 0 aromatic carbocycles. The first kappa shape index (κ1) is 11.8. The zero-order chi connectivity index (χ0) is 11.2. The highest BCUT2D eigenvalue weighted by atomic mass is 33.1. The van der Waals surface area contributed by atoms with Gasteiger partial charge in [0.15, 0.2) is 0 Å². The Kier molecular flexibility index (Phi) is 4.55. The molecular formula is C13H15NS2. The number of allylic oxidation sites excluding steroid dienone is 2. The molecule has 0 saturated heterocycles. The number of aromatic nitrogens is 1. The first-order valence-corrected chi connectivity index (χ1v) is 7.71. The lowest BCUT2D eigenvalue weighted by atomic mass is 10.2. The molecule has 0 unspecified atom stereocenters. The molecule has 1 aromatic heterocycles. The normalized spacial score (nSPS) is 17.8. The highest BCUT2D eigenvalue weighted by Gasteiger charge is 2.10. The van der Waals surface area contributed by atoms with Gasteiger partial charge in [-0.2, -0.15) is 0 Å². The Morgan fingerprint density at radius 3 is 3.00 bits per heavy atom. The van der Waals surface area contributed by atoms with E-state index < -0.39 is 0 Å². The van der Waals surface area contributed by atoms with E-state index in [1.54, 1.807) is 0 Å². The van der Waals surface area contributed by atoms with Crippen molar-refractivity contribution in [1.82, 2.24) is 4.98 Å². The third kappa shape index (κ3) is 3.42. The van der Waals surface area contributed by atoms with Crippen LogP contribution in [0.1, 0.15) is 31.9 Å². The van der Waals surface area contributed by atoms with E-state index in [0.717, 1.165) is 5.69 Å². The van der Waals surface area contributed by atoms with Gasteiger partial charge in [-0.1, -0.05) is 41.0 Å².